The number of benzene rings is 2. The Morgan fingerprint density at radius 2 is 1.67 bits per heavy atom. The summed E-state index contributed by atoms with van der Waals surface area (Å²) in [5.41, 5.74) is 1.71. The smallest absolute Gasteiger partial charge is 0.411 e. The van der Waals surface area contributed by atoms with E-state index in [4.69, 9.17) is 0 Å². The number of hydrogen-bond acceptors (Lipinski definition) is 3. The van der Waals surface area contributed by atoms with E-state index in [1.807, 2.05) is 12.1 Å². The van der Waals surface area contributed by atoms with Crippen LogP contribution in [0.25, 0.3) is 0 Å². The summed E-state index contributed by atoms with van der Waals surface area (Å²) in [6, 6.07) is 14.1. The minimum Gasteiger partial charge on any atom is -0.453 e. The maximum absolute atomic E-state index is 12.1. The van der Waals surface area contributed by atoms with Crippen molar-refractivity contribution in [2.24, 2.45) is 0 Å². The van der Waals surface area contributed by atoms with Gasteiger partial charge in [0.2, 0.25) is 0 Å². The summed E-state index contributed by atoms with van der Waals surface area (Å²) in [6.07, 6.45) is -0.559. The van der Waals surface area contributed by atoms with Gasteiger partial charge in [0.1, 0.15) is 0 Å². The van der Waals surface area contributed by atoms with E-state index in [1.165, 1.54) is 7.11 Å². The molecule has 2 aromatic rings. The maximum atomic E-state index is 12.1. The number of anilines is 2. The second-order valence-electron chi connectivity index (χ2n) is 4.16. The van der Waals surface area contributed by atoms with Crippen LogP contribution in [0, 0.1) is 3.57 Å². The summed E-state index contributed by atoms with van der Waals surface area (Å²) in [5.74, 6) is -0.205. The van der Waals surface area contributed by atoms with E-state index >= 15 is 0 Å². The standard InChI is InChI=1S/C15H13IN2O3/c1-21-15(20)18-13-7-3-6-12(9-13)17-14(19)10-4-2-5-11(16)8-10/h2-9H,1H3,(H,17,19)(H,18,20). The Labute approximate surface area is 135 Å². The molecule has 2 amide bonds. The molecule has 0 saturated carbocycles. The van der Waals surface area contributed by atoms with Crippen LogP contribution in [-0.4, -0.2) is 19.1 Å². The van der Waals surface area contributed by atoms with Gasteiger partial charge in [0.15, 0.2) is 0 Å². The fourth-order valence-electron chi connectivity index (χ4n) is 1.68. The molecule has 0 fully saturated rings. The first-order chi connectivity index (χ1) is 10.1. The average Bonchev–Trinajstić information content (AvgIpc) is 2.47. The monoisotopic (exact) mass is 396 g/mol. The number of amides is 2. The minimum atomic E-state index is -0.559. The zero-order chi connectivity index (χ0) is 15.2. The highest BCUT2D eigenvalue weighted by Gasteiger charge is 2.07. The van der Waals surface area contributed by atoms with Crippen molar-refractivity contribution in [2.75, 3.05) is 17.7 Å². The van der Waals surface area contributed by atoms with Crippen molar-refractivity contribution in [2.45, 2.75) is 0 Å². The molecule has 0 aromatic heterocycles. The normalized spacial score (nSPS) is 9.81. The van der Waals surface area contributed by atoms with Crippen molar-refractivity contribution < 1.29 is 14.3 Å². The summed E-state index contributed by atoms with van der Waals surface area (Å²) in [5, 5.41) is 5.32. The predicted molar refractivity (Wildman–Crippen MR) is 89.6 cm³/mol. The average molecular weight is 396 g/mol. The van der Waals surface area contributed by atoms with Crippen molar-refractivity contribution in [3.63, 3.8) is 0 Å². The van der Waals surface area contributed by atoms with E-state index in [-0.39, 0.29) is 5.91 Å². The number of carbonyl (C=O) groups excluding carboxylic acids is 2. The van der Waals surface area contributed by atoms with Crippen LogP contribution in [0.1, 0.15) is 10.4 Å². The Balaban J connectivity index is 2.11. The second kappa shape index (κ2) is 7.07. The molecule has 2 rings (SSSR count). The van der Waals surface area contributed by atoms with Crippen molar-refractivity contribution in [1.82, 2.24) is 0 Å². The van der Waals surface area contributed by atoms with Gasteiger partial charge < -0.3 is 10.1 Å². The first-order valence-electron chi connectivity index (χ1n) is 6.10. The molecule has 0 bridgehead atoms. The Hall–Kier alpha value is -2.09. The third-order valence-electron chi connectivity index (χ3n) is 2.64. The van der Waals surface area contributed by atoms with Crippen molar-refractivity contribution >= 4 is 46.0 Å². The highest BCUT2D eigenvalue weighted by atomic mass is 127. The molecule has 0 unspecified atom stereocenters. The minimum absolute atomic E-state index is 0.205. The lowest BCUT2D eigenvalue weighted by molar-refractivity contribution is 0.102. The first kappa shape index (κ1) is 15.3. The molecule has 2 N–H and O–H groups in total. The molecule has 0 aliphatic rings. The number of carbonyl (C=O) groups is 2. The zero-order valence-electron chi connectivity index (χ0n) is 11.2. The highest BCUT2D eigenvalue weighted by Crippen LogP contribution is 2.17. The maximum Gasteiger partial charge on any atom is 0.411 e. The van der Waals surface area contributed by atoms with Crippen molar-refractivity contribution in [3.8, 4) is 0 Å². The number of nitrogens with one attached hydrogen (secondary N) is 2. The van der Waals surface area contributed by atoms with Gasteiger partial charge >= 0.3 is 6.09 Å². The van der Waals surface area contributed by atoms with Crippen LogP contribution in [0.15, 0.2) is 48.5 Å². The van der Waals surface area contributed by atoms with Gasteiger partial charge in [0.25, 0.3) is 5.91 Å². The molecule has 0 atom stereocenters. The Morgan fingerprint density at radius 1 is 1.00 bits per heavy atom. The number of halogens is 1. The Kier molecular flexibility index (Phi) is 5.15. The van der Waals surface area contributed by atoms with Gasteiger partial charge in [-0.1, -0.05) is 12.1 Å². The van der Waals surface area contributed by atoms with Gasteiger partial charge in [0, 0.05) is 20.5 Å². The third-order valence-corrected chi connectivity index (χ3v) is 3.31. The second-order valence-corrected chi connectivity index (χ2v) is 5.41. The van der Waals surface area contributed by atoms with E-state index in [1.54, 1.807) is 36.4 Å². The molecule has 0 aliphatic carbocycles. The molecule has 108 valence electrons. The topological polar surface area (TPSA) is 67.4 Å². The lowest BCUT2D eigenvalue weighted by Gasteiger charge is -2.08. The van der Waals surface area contributed by atoms with Gasteiger partial charge in [-0.3, -0.25) is 10.1 Å². The molecule has 21 heavy (non-hydrogen) atoms. The quantitative estimate of drug-likeness (QED) is 0.778. The highest BCUT2D eigenvalue weighted by molar-refractivity contribution is 14.1. The summed E-state index contributed by atoms with van der Waals surface area (Å²) in [4.78, 5) is 23.3. The van der Waals surface area contributed by atoms with Crippen molar-refractivity contribution in [3.05, 3.63) is 57.7 Å². The van der Waals surface area contributed by atoms with Gasteiger partial charge in [-0.2, -0.15) is 0 Å². The van der Waals surface area contributed by atoms with Crippen LogP contribution in [0.3, 0.4) is 0 Å². The number of methoxy groups -OCH3 is 1. The van der Waals surface area contributed by atoms with Gasteiger partial charge in [-0.05, 0) is 59.0 Å². The fraction of sp³-hybridized carbons (Fsp3) is 0.0667. The Bertz CT molecular complexity index is 673. The molecular weight excluding hydrogens is 383 g/mol. The summed E-state index contributed by atoms with van der Waals surface area (Å²) in [7, 11) is 1.29. The predicted octanol–water partition coefficient (Wildman–Crippen LogP) is 3.72. The van der Waals surface area contributed by atoms with Crippen LogP contribution in [0.4, 0.5) is 16.2 Å². The first-order valence-corrected chi connectivity index (χ1v) is 7.18. The number of ether oxygens (including phenoxy) is 1. The van der Waals surface area contributed by atoms with Crippen LogP contribution in [0.5, 0.6) is 0 Å². The summed E-state index contributed by atoms with van der Waals surface area (Å²) < 4.78 is 5.51. The molecular formula is C15H13IN2O3. The molecule has 0 radical (unpaired) electrons. The SMILES string of the molecule is COC(=O)Nc1cccc(NC(=O)c2cccc(I)c2)c1. The van der Waals surface area contributed by atoms with Crippen LogP contribution in [-0.2, 0) is 4.74 Å². The van der Waals surface area contributed by atoms with E-state index in [0.29, 0.717) is 16.9 Å². The van der Waals surface area contributed by atoms with E-state index < -0.39 is 6.09 Å². The molecule has 0 aliphatic heterocycles. The summed E-state index contributed by atoms with van der Waals surface area (Å²) in [6.45, 7) is 0. The van der Waals surface area contributed by atoms with Crippen LogP contribution >= 0.6 is 22.6 Å². The van der Waals surface area contributed by atoms with Gasteiger partial charge in [-0.15, -0.1) is 0 Å². The molecule has 0 saturated heterocycles. The molecule has 0 heterocycles. The lowest BCUT2D eigenvalue weighted by atomic mass is 10.2. The molecule has 2 aromatic carbocycles. The van der Waals surface area contributed by atoms with E-state index in [9.17, 15) is 9.59 Å². The fourth-order valence-corrected chi connectivity index (χ4v) is 2.22. The number of hydrogen-bond donors (Lipinski definition) is 2. The molecule has 5 nitrogen and oxygen atoms in total. The zero-order valence-corrected chi connectivity index (χ0v) is 13.4. The van der Waals surface area contributed by atoms with Crippen molar-refractivity contribution in [1.29, 1.82) is 0 Å². The number of rotatable bonds is 3. The molecule has 6 heteroatoms. The summed E-state index contributed by atoms with van der Waals surface area (Å²) >= 11 is 2.15. The largest absolute Gasteiger partial charge is 0.453 e. The van der Waals surface area contributed by atoms with Gasteiger partial charge in [-0.25, -0.2) is 4.79 Å². The molecule has 0 spiro atoms. The van der Waals surface area contributed by atoms with E-state index in [2.05, 4.69) is 38.0 Å². The third kappa shape index (κ3) is 4.45. The van der Waals surface area contributed by atoms with E-state index in [0.717, 1.165) is 3.57 Å². The van der Waals surface area contributed by atoms with Gasteiger partial charge in [0.05, 0.1) is 7.11 Å². The Morgan fingerprint density at radius 3 is 2.33 bits per heavy atom. The van der Waals surface area contributed by atoms with Crippen LogP contribution < -0.4 is 10.6 Å². The lowest BCUT2D eigenvalue weighted by Crippen LogP contribution is -2.13. The van der Waals surface area contributed by atoms with Crippen LogP contribution in [0.2, 0.25) is 0 Å².